The number of nitrogens with zero attached hydrogens (tertiary/aromatic N) is 2. The van der Waals surface area contributed by atoms with E-state index in [1.54, 1.807) is 7.11 Å². The first-order chi connectivity index (χ1) is 16.5. The van der Waals surface area contributed by atoms with Crippen molar-refractivity contribution in [3.05, 3.63) is 66.4 Å². The minimum Gasteiger partial charge on any atom is -0.494 e. The Morgan fingerprint density at radius 1 is 1.03 bits per heavy atom. The molecule has 0 radical (unpaired) electrons. The molecule has 34 heavy (non-hydrogen) atoms. The maximum atomic E-state index is 9.10. The number of aromatic nitrogens is 2. The Hall–Kier alpha value is -3.85. The molecule has 0 aliphatic carbocycles. The molecule has 2 aromatic carbocycles. The van der Waals surface area contributed by atoms with E-state index in [0.717, 1.165) is 48.9 Å². The summed E-state index contributed by atoms with van der Waals surface area (Å²) in [6.45, 7) is 4.92. The highest BCUT2D eigenvalue weighted by molar-refractivity contribution is 6.27. The molecule has 3 rings (SSSR count). The van der Waals surface area contributed by atoms with E-state index in [4.69, 9.17) is 29.3 Å². The predicted octanol–water partition coefficient (Wildman–Crippen LogP) is 3.80. The van der Waals surface area contributed by atoms with E-state index < -0.39 is 11.9 Å². The lowest BCUT2D eigenvalue weighted by Gasteiger charge is -2.13. The fourth-order valence-electron chi connectivity index (χ4n) is 3.18. The third-order valence-electron chi connectivity index (χ3n) is 4.79. The highest BCUT2D eigenvalue weighted by Crippen LogP contribution is 2.25. The number of hydrogen-bond donors (Lipinski definition) is 3. The molecule has 9 heteroatoms. The molecule has 3 N–H and O–H groups in total. The number of rotatable bonds is 11. The van der Waals surface area contributed by atoms with Crippen LogP contribution in [0.3, 0.4) is 0 Å². The lowest BCUT2D eigenvalue weighted by Crippen LogP contribution is -2.13. The zero-order valence-electron chi connectivity index (χ0n) is 19.4. The van der Waals surface area contributed by atoms with Gasteiger partial charge in [-0.15, -0.1) is 0 Å². The molecule has 0 bridgehead atoms. The molecule has 3 aromatic rings. The van der Waals surface area contributed by atoms with E-state index in [-0.39, 0.29) is 0 Å². The summed E-state index contributed by atoms with van der Waals surface area (Å²) < 4.78 is 13.0. The first kappa shape index (κ1) is 26.4. The molecule has 0 saturated carbocycles. The molecule has 0 aliphatic heterocycles. The first-order valence-corrected chi connectivity index (χ1v) is 11.0. The van der Waals surface area contributed by atoms with Gasteiger partial charge in [0.2, 0.25) is 5.95 Å². The molecule has 1 aromatic heterocycles. The minimum atomic E-state index is -1.82. The lowest BCUT2D eigenvalue weighted by atomic mass is 10.1. The van der Waals surface area contributed by atoms with E-state index in [2.05, 4.69) is 57.3 Å². The first-order valence-electron chi connectivity index (χ1n) is 11.0. The van der Waals surface area contributed by atoms with Gasteiger partial charge in [0.25, 0.3) is 0 Å². The van der Waals surface area contributed by atoms with Gasteiger partial charge in [-0.2, -0.15) is 0 Å². The second kappa shape index (κ2) is 14.3. The molecule has 9 nitrogen and oxygen atoms in total. The summed E-state index contributed by atoms with van der Waals surface area (Å²) in [5.41, 5.74) is 3.55. The Kier molecular flexibility index (Phi) is 11.1. The minimum absolute atomic E-state index is 0.638. The summed E-state index contributed by atoms with van der Waals surface area (Å²) in [5.74, 6) is -1.88. The number of aryl methyl sites for hydroxylation is 1. The fraction of sp³-hybridized carbons (Fsp3) is 0.320. The Morgan fingerprint density at radius 3 is 2.29 bits per heavy atom. The van der Waals surface area contributed by atoms with Crippen LogP contribution in [0.25, 0.3) is 11.3 Å². The van der Waals surface area contributed by atoms with E-state index in [1.807, 2.05) is 25.3 Å². The van der Waals surface area contributed by atoms with E-state index in [0.29, 0.717) is 13.2 Å². The van der Waals surface area contributed by atoms with Crippen molar-refractivity contribution in [2.24, 2.45) is 0 Å². The molecule has 0 unspecified atom stereocenters. The van der Waals surface area contributed by atoms with Crippen LogP contribution < -0.4 is 10.1 Å². The standard InChI is InChI=1S/C23H29N3O2.C2H2O4/c1-3-28-21-13-11-20(12-14-21)22-18-25-23(26(22)16-17-27-2)24-15-7-10-19-8-5-4-6-9-19;3-1(4)2(5)6/h4-6,8-9,11-14,18H,3,7,10,15-17H2,1-2H3,(H,24,25);(H,3,4)(H,5,6). The van der Waals surface area contributed by atoms with Gasteiger partial charge in [0.05, 0.1) is 25.1 Å². The van der Waals surface area contributed by atoms with E-state index >= 15 is 0 Å². The third kappa shape index (κ3) is 8.59. The van der Waals surface area contributed by atoms with Crippen molar-refractivity contribution in [3.8, 4) is 17.0 Å². The van der Waals surface area contributed by atoms with Gasteiger partial charge in [0, 0.05) is 25.8 Å². The number of anilines is 1. The molecule has 0 amide bonds. The van der Waals surface area contributed by atoms with Crippen molar-refractivity contribution in [1.29, 1.82) is 0 Å². The highest BCUT2D eigenvalue weighted by Gasteiger charge is 2.12. The summed E-state index contributed by atoms with van der Waals surface area (Å²) in [5, 5.41) is 18.3. The molecular weight excluding hydrogens is 438 g/mol. The van der Waals surface area contributed by atoms with Crippen LogP contribution >= 0.6 is 0 Å². The lowest BCUT2D eigenvalue weighted by molar-refractivity contribution is -0.159. The largest absolute Gasteiger partial charge is 0.494 e. The van der Waals surface area contributed by atoms with Gasteiger partial charge in [0.1, 0.15) is 5.75 Å². The van der Waals surface area contributed by atoms with Crippen LogP contribution in [0.2, 0.25) is 0 Å². The van der Waals surface area contributed by atoms with Gasteiger partial charge < -0.3 is 29.6 Å². The van der Waals surface area contributed by atoms with Crippen LogP contribution in [0.4, 0.5) is 5.95 Å². The number of aliphatic carboxylic acids is 2. The molecule has 0 fully saturated rings. The van der Waals surface area contributed by atoms with Gasteiger partial charge in [-0.3, -0.25) is 0 Å². The van der Waals surface area contributed by atoms with Crippen molar-refractivity contribution in [2.45, 2.75) is 26.3 Å². The van der Waals surface area contributed by atoms with Crippen LogP contribution in [-0.2, 0) is 27.3 Å². The van der Waals surface area contributed by atoms with Crippen molar-refractivity contribution in [1.82, 2.24) is 9.55 Å². The predicted molar refractivity (Wildman–Crippen MR) is 129 cm³/mol. The molecule has 0 atom stereocenters. The molecule has 1 heterocycles. The van der Waals surface area contributed by atoms with Gasteiger partial charge in [-0.25, -0.2) is 14.6 Å². The summed E-state index contributed by atoms with van der Waals surface area (Å²) in [6.07, 6.45) is 4.03. The van der Waals surface area contributed by atoms with Crippen molar-refractivity contribution in [3.63, 3.8) is 0 Å². The Morgan fingerprint density at radius 2 is 1.71 bits per heavy atom. The fourth-order valence-corrected chi connectivity index (χ4v) is 3.18. The Labute approximate surface area is 199 Å². The molecule has 0 spiro atoms. The summed E-state index contributed by atoms with van der Waals surface area (Å²) in [6, 6.07) is 18.7. The number of hydrogen-bond acceptors (Lipinski definition) is 6. The van der Waals surface area contributed by atoms with Crippen LogP contribution in [0.1, 0.15) is 18.9 Å². The molecule has 0 saturated heterocycles. The highest BCUT2D eigenvalue weighted by atomic mass is 16.5. The topological polar surface area (TPSA) is 123 Å². The maximum absolute atomic E-state index is 9.10. The van der Waals surface area contributed by atoms with Crippen LogP contribution in [0.15, 0.2) is 60.8 Å². The number of imidazole rings is 1. The van der Waals surface area contributed by atoms with Crippen LogP contribution in [0, 0.1) is 0 Å². The molecule has 182 valence electrons. The van der Waals surface area contributed by atoms with Gasteiger partial charge in [-0.1, -0.05) is 30.3 Å². The number of ether oxygens (including phenoxy) is 2. The number of carboxylic acids is 2. The number of methoxy groups -OCH3 is 1. The smallest absolute Gasteiger partial charge is 0.414 e. The van der Waals surface area contributed by atoms with E-state index in [1.165, 1.54) is 5.56 Å². The SMILES string of the molecule is CCOc1ccc(-c2cnc(NCCCc3ccccc3)n2CCOC)cc1.O=C(O)C(=O)O. The Bertz CT molecular complexity index is 1010. The zero-order chi connectivity index (χ0) is 24.8. The number of nitrogens with one attached hydrogen (secondary N) is 1. The van der Waals surface area contributed by atoms with E-state index in [9.17, 15) is 0 Å². The van der Waals surface area contributed by atoms with Crippen LogP contribution in [0.5, 0.6) is 5.75 Å². The Balaban J connectivity index is 0.000000604. The second-order valence-electron chi connectivity index (χ2n) is 7.20. The van der Waals surface area contributed by atoms with Gasteiger partial charge >= 0.3 is 11.9 Å². The summed E-state index contributed by atoms with van der Waals surface area (Å²) in [4.78, 5) is 22.8. The number of benzene rings is 2. The maximum Gasteiger partial charge on any atom is 0.414 e. The van der Waals surface area contributed by atoms with Gasteiger partial charge in [0.15, 0.2) is 0 Å². The number of carboxylic acid groups (broad SMARTS) is 2. The third-order valence-corrected chi connectivity index (χ3v) is 4.79. The zero-order valence-corrected chi connectivity index (χ0v) is 19.4. The van der Waals surface area contributed by atoms with Crippen molar-refractivity contribution < 1.29 is 29.3 Å². The summed E-state index contributed by atoms with van der Waals surface area (Å²) in [7, 11) is 1.72. The van der Waals surface area contributed by atoms with Gasteiger partial charge in [-0.05, 0) is 49.6 Å². The average molecular weight is 470 g/mol. The molecular formula is C25H31N3O6. The van der Waals surface area contributed by atoms with Crippen molar-refractivity contribution >= 4 is 17.9 Å². The second-order valence-corrected chi connectivity index (χ2v) is 7.20. The molecule has 0 aliphatic rings. The monoisotopic (exact) mass is 469 g/mol. The number of carbonyl (C=O) groups is 2. The van der Waals surface area contributed by atoms with Crippen molar-refractivity contribution in [2.75, 3.05) is 32.2 Å². The normalized spacial score (nSPS) is 10.2. The quantitative estimate of drug-likeness (QED) is 0.286. The summed E-state index contributed by atoms with van der Waals surface area (Å²) >= 11 is 0. The average Bonchev–Trinajstić information content (AvgIpc) is 3.24. The van der Waals surface area contributed by atoms with Crippen LogP contribution in [-0.4, -0.2) is 58.6 Å².